The molecular formula is C15H22FNO. The Balaban J connectivity index is 2.76. The van der Waals surface area contributed by atoms with Gasteiger partial charge >= 0.3 is 0 Å². The molecule has 1 atom stereocenters. The molecule has 0 saturated heterocycles. The van der Waals surface area contributed by atoms with Gasteiger partial charge < -0.3 is 10.5 Å². The molecule has 0 saturated carbocycles. The van der Waals surface area contributed by atoms with E-state index in [0.29, 0.717) is 18.8 Å². The normalized spacial score (nSPS) is 12.2. The fourth-order valence-corrected chi connectivity index (χ4v) is 1.63. The molecule has 0 aliphatic carbocycles. The quantitative estimate of drug-likeness (QED) is 0.753. The van der Waals surface area contributed by atoms with Crippen LogP contribution in [0.5, 0.6) is 5.75 Å². The van der Waals surface area contributed by atoms with Crippen LogP contribution >= 0.6 is 0 Å². The van der Waals surface area contributed by atoms with E-state index in [1.807, 2.05) is 19.9 Å². The van der Waals surface area contributed by atoms with E-state index in [2.05, 4.69) is 6.58 Å². The molecular weight excluding hydrogens is 229 g/mol. The van der Waals surface area contributed by atoms with Crippen LogP contribution in [0.2, 0.25) is 0 Å². The van der Waals surface area contributed by atoms with Crippen molar-refractivity contribution in [3.8, 4) is 5.75 Å². The molecule has 2 nitrogen and oxygen atoms in total. The Morgan fingerprint density at radius 3 is 2.83 bits per heavy atom. The Bertz CT molecular complexity index is 403. The highest BCUT2D eigenvalue weighted by atomic mass is 19.1. The SMILES string of the molecule is C=C(C)CCOc1c(F)cccc1CC(N)CC. The van der Waals surface area contributed by atoms with E-state index in [0.717, 1.165) is 24.0 Å². The van der Waals surface area contributed by atoms with Crippen LogP contribution in [0.4, 0.5) is 4.39 Å². The lowest BCUT2D eigenvalue weighted by Gasteiger charge is -2.15. The number of hydrogen-bond acceptors (Lipinski definition) is 2. The number of rotatable bonds is 7. The predicted octanol–water partition coefficient (Wildman–Crippen LogP) is 3.45. The summed E-state index contributed by atoms with van der Waals surface area (Å²) in [7, 11) is 0. The molecule has 1 aromatic carbocycles. The Labute approximate surface area is 109 Å². The van der Waals surface area contributed by atoms with Crippen LogP contribution in [-0.4, -0.2) is 12.6 Å². The van der Waals surface area contributed by atoms with Gasteiger partial charge in [0, 0.05) is 12.5 Å². The fraction of sp³-hybridized carbons (Fsp3) is 0.467. The molecule has 0 amide bonds. The van der Waals surface area contributed by atoms with Gasteiger partial charge in [0.1, 0.15) is 0 Å². The van der Waals surface area contributed by atoms with Gasteiger partial charge in [0.2, 0.25) is 0 Å². The minimum Gasteiger partial charge on any atom is -0.490 e. The number of ether oxygens (including phenoxy) is 1. The summed E-state index contributed by atoms with van der Waals surface area (Å²) in [6, 6.07) is 5.01. The van der Waals surface area contributed by atoms with Gasteiger partial charge in [0.15, 0.2) is 11.6 Å². The number of para-hydroxylation sites is 1. The Morgan fingerprint density at radius 1 is 1.50 bits per heavy atom. The smallest absolute Gasteiger partial charge is 0.165 e. The molecule has 0 aliphatic rings. The minimum atomic E-state index is -0.322. The van der Waals surface area contributed by atoms with Gasteiger partial charge in [-0.05, 0) is 31.4 Å². The van der Waals surface area contributed by atoms with Crippen molar-refractivity contribution < 1.29 is 9.13 Å². The first-order chi connectivity index (χ1) is 8.54. The summed E-state index contributed by atoms with van der Waals surface area (Å²) in [5.41, 5.74) is 7.77. The maximum absolute atomic E-state index is 13.7. The highest BCUT2D eigenvalue weighted by molar-refractivity contribution is 5.35. The van der Waals surface area contributed by atoms with Gasteiger partial charge in [-0.1, -0.05) is 24.6 Å². The number of hydrogen-bond donors (Lipinski definition) is 1. The topological polar surface area (TPSA) is 35.2 Å². The average molecular weight is 251 g/mol. The van der Waals surface area contributed by atoms with Crippen LogP contribution < -0.4 is 10.5 Å². The third-order valence-electron chi connectivity index (χ3n) is 2.83. The monoisotopic (exact) mass is 251 g/mol. The highest BCUT2D eigenvalue weighted by Gasteiger charge is 2.12. The van der Waals surface area contributed by atoms with Crippen molar-refractivity contribution in [1.82, 2.24) is 0 Å². The molecule has 100 valence electrons. The lowest BCUT2D eigenvalue weighted by Crippen LogP contribution is -2.22. The van der Waals surface area contributed by atoms with Gasteiger partial charge in [-0.2, -0.15) is 0 Å². The molecule has 18 heavy (non-hydrogen) atoms. The Morgan fingerprint density at radius 2 is 2.22 bits per heavy atom. The zero-order valence-electron chi connectivity index (χ0n) is 11.2. The van der Waals surface area contributed by atoms with E-state index in [9.17, 15) is 4.39 Å². The predicted molar refractivity (Wildman–Crippen MR) is 73.3 cm³/mol. The number of benzene rings is 1. The van der Waals surface area contributed by atoms with Crippen LogP contribution in [0, 0.1) is 5.82 Å². The van der Waals surface area contributed by atoms with Gasteiger partial charge in [-0.15, -0.1) is 6.58 Å². The standard InChI is InChI=1S/C15H22FNO/c1-4-13(17)10-12-6-5-7-14(16)15(12)18-9-8-11(2)3/h5-7,13H,2,4,8-10,17H2,1,3H3. The molecule has 1 rings (SSSR count). The lowest BCUT2D eigenvalue weighted by molar-refractivity contribution is 0.301. The molecule has 3 heteroatoms. The van der Waals surface area contributed by atoms with Crippen LogP contribution in [0.1, 0.15) is 32.3 Å². The van der Waals surface area contributed by atoms with Crippen LogP contribution in [-0.2, 0) is 6.42 Å². The van der Waals surface area contributed by atoms with Crippen LogP contribution in [0.15, 0.2) is 30.4 Å². The maximum atomic E-state index is 13.7. The van der Waals surface area contributed by atoms with Crippen molar-refractivity contribution in [2.24, 2.45) is 5.73 Å². The van der Waals surface area contributed by atoms with Gasteiger partial charge in [-0.25, -0.2) is 4.39 Å². The second-order valence-electron chi connectivity index (χ2n) is 4.66. The summed E-state index contributed by atoms with van der Waals surface area (Å²) in [4.78, 5) is 0. The van der Waals surface area contributed by atoms with Gasteiger partial charge in [0.25, 0.3) is 0 Å². The summed E-state index contributed by atoms with van der Waals surface area (Å²) in [6.45, 7) is 8.20. The third-order valence-corrected chi connectivity index (χ3v) is 2.83. The Kier molecular flexibility index (Phi) is 5.86. The first kappa shape index (κ1) is 14.7. The molecule has 1 unspecified atom stereocenters. The Hall–Kier alpha value is -1.35. The van der Waals surface area contributed by atoms with E-state index in [-0.39, 0.29) is 11.9 Å². The van der Waals surface area contributed by atoms with Gasteiger partial charge in [-0.3, -0.25) is 0 Å². The van der Waals surface area contributed by atoms with E-state index >= 15 is 0 Å². The van der Waals surface area contributed by atoms with E-state index in [1.54, 1.807) is 6.07 Å². The van der Waals surface area contributed by atoms with Crippen molar-refractivity contribution in [3.63, 3.8) is 0 Å². The first-order valence-corrected chi connectivity index (χ1v) is 6.34. The lowest BCUT2D eigenvalue weighted by atomic mass is 10.0. The molecule has 0 heterocycles. The molecule has 2 N–H and O–H groups in total. The van der Waals surface area contributed by atoms with E-state index in [4.69, 9.17) is 10.5 Å². The second kappa shape index (κ2) is 7.17. The maximum Gasteiger partial charge on any atom is 0.165 e. The van der Waals surface area contributed by atoms with Gasteiger partial charge in [0.05, 0.1) is 6.61 Å². The molecule has 0 spiro atoms. The van der Waals surface area contributed by atoms with Crippen molar-refractivity contribution >= 4 is 0 Å². The molecule has 0 aromatic heterocycles. The van der Waals surface area contributed by atoms with Crippen molar-refractivity contribution in [1.29, 1.82) is 0 Å². The third kappa shape index (κ3) is 4.49. The van der Waals surface area contributed by atoms with E-state index < -0.39 is 0 Å². The highest BCUT2D eigenvalue weighted by Crippen LogP contribution is 2.24. The number of nitrogens with two attached hydrogens (primary N) is 1. The molecule has 0 aliphatic heterocycles. The van der Waals surface area contributed by atoms with Crippen LogP contribution in [0.25, 0.3) is 0 Å². The summed E-state index contributed by atoms with van der Waals surface area (Å²) < 4.78 is 19.3. The fourth-order valence-electron chi connectivity index (χ4n) is 1.63. The molecule has 0 bridgehead atoms. The summed E-state index contributed by atoms with van der Waals surface area (Å²) in [5, 5.41) is 0. The molecule has 0 fully saturated rings. The van der Waals surface area contributed by atoms with Crippen molar-refractivity contribution in [3.05, 3.63) is 41.7 Å². The average Bonchev–Trinajstić information content (AvgIpc) is 2.32. The molecule has 0 radical (unpaired) electrons. The zero-order chi connectivity index (χ0) is 13.5. The summed E-state index contributed by atoms with van der Waals surface area (Å²) in [6.07, 6.45) is 2.23. The van der Waals surface area contributed by atoms with Crippen LogP contribution in [0.3, 0.4) is 0 Å². The number of halogens is 1. The first-order valence-electron chi connectivity index (χ1n) is 6.34. The summed E-state index contributed by atoms with van der Waals surface area (Å²) >= 11 is 0. The molecule has 1 aromatic rings. The van der Waals surface area contributed by atoms with Crippen molar-refractivity contribution in [2.45, 2.75) is 39.2 Å². The summed E-state index contributed by atoms with van der Waals surface area (Å²) in [5.74, 6) is 0.0140. The van der Waals surface area contributed by atoms with Crippen molar-refractivity contribution in [2.75, 3.05) is 6.61 Å². The minimum absolute atomic E-state index is 0.0373. The largest absolute Gasteiger partial charge is 0.490 e. The van der Waals surface area contributed by atoms with E-state index in [1.165, 1.54) is 6.07 Å². The second-order valence-corrected chi connectivity index (χ2v) is 4.66. The zero-order valence-corrected chi connectivity index (χ0v) is 11.2.